The van der Waals surface area contributed by atoms with Gasteiger partial charge in [0, 0.05) is 25.0 Å². The third-order valence-corrected chi connectivity index (χ3v) is 6.15. The van der Waals surface area contributed by atoms with Gasteiger partial charge in [-0.05, 0) is 36.6 Å². The van der Waals surface area contributed by atoms with Gasteiger partial charge in [-0.1, -0.05) is 31.2 Å². The number of benzene rings is 1. The second-order valence-electron chi connectivity index (χ2n) is 8.24. The Labute approximate surface area is 173 Å². The Morgan fingerprint density at radius 2 is 1.80 bits per heavy atom. The number of carbonyl (C=O) groups is 1. The summed E-state index contributed by atoms with van der Waals surface area (Å²) in [5, 5.41) is 9.71. The Kier molecular flexibility index (Phi) is 5.08. The molecule has 0 radical (unpaired) electrons. The van der Waals surface area contributed by atoms with Crippen LogP contribution in [0.1, 0.15) is 48.0 Å². The molecule has 3 aromatic rings. The number of aromatic nitrogens is 3. The van der Waals surface area contributed by atoms with Gasteiger partial charge in [0.25, 0.3) is 0 Å². The van der Waals surface area contributed by atoms with Gasteiger partial charge < -0.3 is 9.67 Å². The Bertz CT molecular complexity index is 1100. The lowest BCUT2D eigenvalue weighted by Crippen LogP contribution is -2.33. The quantitative estimate of drug-likeness (QED) is 0.671. The van der Waals surface area contributed by atoms with E-state index in [0.29, 0.717) is 12.1 Å². The first-order valence-electron chi connectivity index (χ1n) is 10.2. The first kappa shape index (κ1) is 20.4. The number of hydrogen-bond acceptors (Lipinski definition) is 3. The maximum atomic E-state index is 13.8. The SMILES string of the molecule is CCc1nc2c(C)cc(C)nc2n1Cc1ccc(C2(C(=O)O)C[C@@H](F)[C@@H](F)C2)cc1. The molecule has 1 aromatic carbocycles. The zero-order chi connectivity index (χ0) is 21.6. The molecule has 1 N–H and O–H groups in total. The van der Waals surface area contributed by atoms with Crippen molar-refractivity contribution in [3.8, 4) is 0 Å². The van der Waals surface area contributed by atoms with Gasteiger partial charge in [-0.15, -0.1) is 0 Å². The molecule has 30 heavy (non-hydrogen) atoms. The number of halogens is 2. The lowest BCUT2D eigenvalue weighted by Gasteiger charge is -2.24. The van der Waals surface area contributed by atoms with Crippen molar-refractivity contribution in [2.75, 3.05) is 0 Å². The largest absolute Gasteiger partial charge is 0.481 e. The molecule has 4 rings (SSSR count). The minimum atomic E-state index is -1.75. The summed E-state index contributed by atoms with van der Waals surface area (Å²) in [4.78, 5) is 21.3. The van der Waals surface area contributed by atoms with E-state index in [4.69, 9.17) is 4.98 Å². The van der Waals surface area contributed by atoms with Crippen LogP contribution in [0.2, 0.25) is 0 Å². The van der Waals surface area contributed by atoms with E-state index in [2.05, 4.69) is 9.55 Å². The number of alkyl halides is 2. The second kappa shape index (κ2) is 7.45. The molecule has 1 saturated carbocycles. The molecule has 0 saturated heterocycles. The van der Waals surface area contributed by atoms with Crippen LogP contribution in [0.25, 0.3) is 11.2 Å². The van der Waals surface area contributed by atoms with Crippen LogP contribution < -0.4 is 0 Å². The molecule has 2 heterocycles. The topological polar surface area (TPSA) is 68.0 Å². The Morgan fingerprint density at radius 1 is 1.17 bits per heavy atom. The van der Waals surface area contributed by atoms with Crippen LogP contribution in [-0.4, -0.2) is 38.0 Å². The number of carboxylic acids is 1. The zero-order valence-corrected chi connectivity index (χ0v) is 17.3. The molecule has 2 aromatic heterocycles. The fraction of sp³-hybridized carbons (Fsp3) is 0.435. The van der Waals surface area contributed by atoms with Crippen molar-refractivity contribution >= 4 is 17.1 Å². The van der Waals surface area contributed by atoms with Crippen LogP contribution in [0.3, 0.4) is 0 Å². The zero-order valence-electron chi connectivity index (χ0n) is 17.3. The van der Waals surface area contributed by atoms with Gasteiger partial charge >= 0.3 is 5.97 Å². The predicted molar refractivity (Wildman–Crippen MR) is 110 cm³/mol. The molecule has 5 nitrogen and oxygen atoms in total. The highest BCUT2D eigenvalue weighted by atomic mass is 19.2. The number of rotatable bonds is 5. The van der Waals surface area contributed by atoms with E-state index < -0.39 is 23.7 Å². The number of nitrogens with zero attached hydrogens (tertiary/aromatic N) is 3. The van der Waals surface area contributed by atoms with Crippen molar-refractivity contribution in [2.24, 2.45) is 0 Å². The van der Waals surface area contributed by atoms with Crippen molar-refractivity contribution in [1.29, 1.82) is 0 Å². The van der Waals surface area contributed by atoms with Crippen molar-refractivity contribution in [2.45, 2.75) is 64.3 Å². The minimum Gasteiger partial charge on any atom is -0.481 e. The molecule has 3 atom stereocenters. The highest BCUT2D eigenvalue weighted by molar-refractivity contribution is 5.82. The lowest BCUT2D eigenvalue weighted by atomic mass is 9.78. The van der Waals surface area contributed by atoms with E-state index >= 15 is 0 Å². The molecule has 7 heteroatoms. The summed E-state index contributed by atoms with van der Waals surface area (Å²) in [7, 11) is 0. The summed E-state index contributed by atoms with van der Waals surface area (Å²) >= 11 is 0. The van der Waals surface area contributed by atoms with Gasteiger partial charge in [-0.3, -0.25) is 4.79 Å². The number of imidazole rings is 1. The summed E-state index contributed by atoms with van der Waals surface area (Å²) in [6.45, 7) is 6.55. The van der Waals surface area contributed by atoms with Crippen LogP contribution in [-0.2, 0) is 23.2 Å². The van der Waals surface area contributed by atoms with Crippen LogP contribution in [0.5, 0.6) is 0 Å². The van der Waals surface area contributed by atoms with E-state index in [1.165, 1.54) is 0 Å². The minimum absolute atomic E-state index is 0.336. The Balaban J connectivity index is 1.69. The molecule has 1 aliphatic carbocycles. The highest BCUT2D eigenvalue weighted by Gasteiger charge is 2.52. The molecule has 1 fully saturated rings. The molecular weight excluding hydrogens is 388 g/mol. The number of pyridine rings is 1. The van der Waals surface area contributed by atoms with Crippen LogP contribution >= 0.6 is 0 Å². The summed E-state index contributed by atoms with van der Waals surface area (Å²) < 4.78 is 29.7. The Morgan fingerprint density at radius 3 is 2.37 bits per heavy atom. The van der Waals surface area contributed by atoms with E-state index in [-0.39, 0.29) is 12.8 Å². The number of aryl methyl sites for hydroxylation is 3. The summed E-state index contributed by atoms with van der Waals surface area (Å²) in [5.41, 5.74) is 3.58. The number of carboxylic acid groups (broad SMARTS) is 1. The normalized spacial score (nSPS) is 23.9. The van der Waals surface area contributed by atoms with Gasteiger partial charge in [0.1, 0.15) is 23.7 Å². The fourth-order valence-corrected chi connectivity index (χ4v) is 4.53. The van der Waals surface area contributed by atoms with E-state index in [0.717, 1.165) is 40.2 Å². The molecule has 0 spiro atoms. The number of fused-ring (bicyclic) bond motifs is 1. The van der Waals surface area contributed by atoms with Gasteiger partial charge in [-0.25, -0.2) is 18.7 Å². The van der Waals surface area contributed by atoms with E-state index in [1.54, 1.807) is 12.1 Å². The lowest BCUT2D eigenvalue weighted by molar-refractivity contribution is -0.144. The molecule has 158 valence electrons. The molecule has 0 amide bonds. The Hall–Kier alpha value is -2.83. The maximum absolute atomic E-state index is 13.8. The summed E-state index contributed by atoms with van der Waals surface area (Å²) in [6, 6.07) is 9.03. The third kappa shape index (κ3) is 3.26. The first-order valence-corrected chi connectivity index (χ1v) is 10.2. The molecule has 0 aliphatic heterocycles. The average molecular weight is 413 g/mol. The number of aliphatic carboxylic acids is 1. The van der Waals surface area contributed by atoms with Crippen LogP contribution in [0, 0.1) is 13.8 Å². The monoisotopic (exact) mass is 413 g/mol. The highest BCUT2D eigenvalue weighted by Crippen LogP contribution is 2.44. The fourth-order valence-electron chi connectivity index (χ4n) is 4.53. The first-order chi connectivity index (χ1) is 14.2. The third-order valence-electron chi connectivity index (χ3n) is 6.15. The van der Waals surface area contributed by atoms with Gasteiger partial charge in [0.2, 0.25) is 0 Å². The molecule has 0 bridgehead atoms. The van der Waals surface area contributed by atoms with Gasteiger partial charge in [0.15, 0.2) is 5.65 Å². The molecular formula is C23H25F2N3O2. The van der Waals surface area contributed by atoms with E-state index in [9.17, 15) is 18.7 Å². The van der Waals surface area contributed by atoms with Crippen LogP contribution in [0.15, 0.2) is 30.3 Å². The second-order valence-corrected chi connectivity index (χ2v) is 8.24. The molecule has 1 unspecified atom stereocenters. The standard InChI is InChI=1S/C23H25F2N3O2/c1-4-19-27-20-13(2)9-14(3)26-21(20)28(19)12-15-5-7-16(8-6-15)23(22(29)30)10-17(24)18(25)11-23/h5-9,17-18H,4,10-12H2,1-3H3,(H,29,30)/t17-,18+,23?. The summed E-state index contributed by atoms with van der Waals surface area (Å²) in [6.07, 6.45) is -3.41. The van der Waals surface area contributed by atoms with Crippen molar-refractivity contribution < 1.29 is 18.7 Å². The summed E-state index contributed by atoms with van der Waals surface area (Å²) in [5.74, 6) is -0.254. The van der Waals surface area contributed by atoms with Crippen molar-refractivity contribution in [3.63, 3.8) is 0 Å². The van der Waals surface area contributed by atoms with E-state index in [1.807, 2.05) is 39.0 Å². The average Bonchev–Trinajstić information content (AvgIpc) is 3.21. The van der Waals surface area contributed by atoms with Gasteiger partial charge in [-0.2, -0.15) is 0 Å². The molecule has 1 aliphatic rings. The van der Waals surface area contributed by atoms with Crippen molar-refractivity contribution in [1.82, 2.24) is 14.5 Å². The predicted octanol–water partition coefficient (Wildman–Crippen LogP) is 4.45. The maximum Gasteiger partial charge on any atom is 0.314 e. The smallest absolute Gasteiger partial charge is 0.314 e. The number of hydrogen-bond donors (Lipinski definition) is 1. The van der Waals surface area contributed by atoms with Gasteiger partial charge in [0.05, 0.1) is 12.0 Å². The van der Waals surface area contributed by atoms with Crippen LogP contribution in [0.4, 0.5) is 8.78 Å². The van der Waals surface area contributed by atoms with Crippen molar-refractivity contribution in [3.05, 3.63) is 58.5 Å².